The lowest BCUT2D eigenvalue weighted by Crippen LogP contribution is -2.46. The lowest BCUT2D eigenvalue weighted by Gasteiger charge is -2.27. The average Bonchev–Trinajstić information content (AvgIpc) is 2.47. The van der Waals surface area contributed by atoms with Crippen molar-refractivity contribution in [2.45, 2.75) is 5.54 Å². The van der Waals surface area contributed by atoms with Gasteiger partial charge in [0.2, 0.25) is 0 Å². The van der Waals surface area contributed by atoms with Crippen LogP contribution in [-0.4, -0.2) is 13.1 Å². The second-order valence-electron chi connectivity index (χ2n) is 4.03. The summed E-state index contributed by atoms with van der Waals surface area (Å²) in [5, 5.41) is 0. The summed E-state index contributed by atoms with van der Waals surface area (Å²) in [6.07, 6.45) is 0. The highest BCUT2D eigenvalue weighted by Gasteiger charge is 2.38. The minimum atomic E-state index is -1.27. The molecule has 2 aromatic rings. The number of benzene rings is 2. The summed E-state index contributed by atoms with van der Waals surface area (Å²) in [4.78, 5) is 12.1. The highest BCUT2D eigenvalue weighted by molar-refractivity contribution is 5.86. The third-order valence-electron chi connectivity index (χ3n) is 2.97. The quantitative estimate of drug-likeness (QED) is 0.877. The van der Waals surface area contributed by atoms with Crippen molar-refractivity contribution in [3.05, 3.63) is 71.8 Å². The normalized spacial score (nSPS) is 10.4. The van der Waals surface area contributed by atoms with Gasteiger partial charge in [-0.2, -0.15) is 0 Å². The van der Waals surface area contributed by atoms with Crippen molar-refractivity contribution in [2.75, 3.05) is 7.11 Å². The largest absolute Gasteiger partial charge is 0.467 e. The lowest BCUT2D eigenvalue weighted by atomic mass is 9.84. The van der Waals surface area contributed by atoms with Crippen molar-refractivity contribution in [3.8, 4) is 0 Å². The van der Waals surface area contributed by atoms with Gasteiger partial charge >= 0.3 is 5.97 Å². The van der Waals surface area contributed by atoms with Gasteiger partial charge in [0.25, 0.3) is 0 Å². The summed E-state index contributed by atoms with van der Waals surface area (Å²) >= 11 is 0. The van der Waals surface area contributed by atoms with E-state index in [2.05, 4.69) is 0 Å². The monoisotopic (exact) mass is 277 g/mol. The number of ether oxygens (including phenoxy) is 1. The molecule has 0 aromatic heterocycles. The van der Waals surface area contributed by atoms with E-state index in [-0.39, 0.29) is 12.4 Å². The molecule has 0 saturated carbocycles. The summed E-state index contributed by atoms with van der Waals surface area (Å²) in [5.41, 5.74) is 6.48. The molecule has 3 nitrogen and oxygen atoms in total. The summed E-state index contributed by atoms with van der Waals surface area (Å²) in [6.45, 7) is 0. The fraction of sp³-hybridized carbons (Fsp3) is 0.133. The molecule has 0 aliphatic heterocycles. The third-order valence-corrected chi connectivity index (χ3v) is 2.97. The molecule has 0 unspecified atom stereocenters. The Bertz CT molecular complexity index is 489. The Labute approximate surface area is 118 Å². The van der Waals surface area contributed by atoms with Crippen LogP contribution < -0.4 is 5.73 Å². The highest BCUT2D eigenvalue weighted by atomic mass is 35.5. The molecule has 2 rings (SSSR count). The average molecular weight is 278 g/mol. The fourth-order valence-corrected chi connectivity index (χ4v) is 1.97. The van der Waals surface area contributed by atoms with E-state index in [0.717, 1.165) is 0 Å². The molecule has 0 spiro atoms. The Morgan fingerprint density at radius 1 is 0.947 bits per heavy atom. The maximum absolute atomic E-state index is 12.1. The summed E-state index contributed by atoms with van der Waals surface area (Å²) in [6, 6.07) is 18.5. The van der Waals surface area contributed by atoms with E-state index in [1.165, 1.54) is 7.11 Å². The Morgan fingerprint density at radius 2 is 1.32 bits per heavy atom. The van der Waals surface area contributed by atoms with Gasteiger partial charge in [-0.05, 0) is 11.1 Å². The number of hydrogen-bond donors (Lipinski definition) is 1. The Kier molecular flexibility index (Phi) is 5.10. The first-order chi connectivity index (χ1) is 8.69. The molecule has 19 heavy (non-hydrogen) atoms. The smallest absolute Gasteiger partial charge is 0.335 e. The highest BCUT2D eigenvalue weighted by Crippen LogP contribution is 2.28. The van der Waals surface area contributed by atoms with Crippen LogP contribution >= 0.6 is 12.4 Å². The SMILES string of the molecule is COC(=O)C(N)(c1ccccc1)c1ccccc1.Cl. The van der Waals surface area contributed by atoms with Gasteiger partial charge in [-0.3, -0.25) is 0 Å². The van der Waals surface area contributed by atoms with E-state index in [4.69, 9.17) is 10.5 Å². The molecular formula is C15H16ClNO2. The standard InChI is InChI=1S/C15H15NO2.ClH/c1-18-14(17)15(16,12-8-4-2-5-9-12)13-10-6-3-7-11-13;/h2-11H,16H2,1H3;1H. The van der Waals surface area contributed by atoms with Gasteiger partial charge in [-0.25, -0.2) is 4.79 Å². The van der Waals surface area contributed by atoms with Crippen molar-refractivity contribution < 1.29 is 9.53 Å². The number of methoxy groups -OCH3 is 1. The minimum Gasteiger partial charge on any atom is -0.467 e. The molecule has 4 heteroatoms. The van der Waals surface area contributed by atoms with Crippen LogP contribution in [0.15, 0.2) is 60.7 Å². The van der Waals surface area contributed by atoms with Crippen LogP contribution in [0.1, 0.15) is 11.1 Å². The molecule has 100 valence electrons. The van der Waals surface area contributed by atoms with Crippen LogP contribution in [0.5, 0.6) is 0 Å². The third kappa shape index (κ3) is 2.78. The maximum atomic E-state index is 12.1. The molecule has 0 aliphatic carbocycles. The molecule has 0 amide bonds. The van der Waals surface area contributed by atoms with Crippen molar-refractivity contribution in [3.63, 3.8) is 0 Å². The zero-order valence-corrected chi connectivity index (χ0v) is 11.4. The number of hydrogen-bond acceptors (Lipinski definition) is 3. The second-order valence-corrected chi connectivity index (χ2v) is 4.03. The van der Waals surface area contributed by atoms with Crippen molar-refractivity contribution >= 4 is 18.4 Å². The number of rotatable bonds is 3. The predicted octanol–water partition coefficient (Wildman–Crippen LogP) is 2.48. The second kappa shape index (κ2) is 6.36. The molecular weight excluding hydrogens is 262 g/mol. The van der Waals surface area contributed by atoms with E-state index < -0.39 is 11.5 Å². The van der Waals surface area contributed by atoms with Gasteiger partial charge in [-0.15, -0.1) is 12.4 Å². The summed E-state index contributed by atoms with van der Waals surface area (Å²) in [7, 11) is 1.34. The van der Waals surface area contributed by atoms with E-state index in [1.54, 1.807) is 0 Å². The van der Waals surface area contributed by atoms with Gasteiger partial charge in [0.1, 0.15) is 0 Å². The molecule has 2 N–H and O–H groups in total. The molecule has 0 saturated heterocycles. The number of carbonyl (C=O) groups excluding carboxylic acids is 1. The van der Waals surface area contributed by atoms with Crippen molar-refractivity contribution in [1.82, 2.24) is 0 Å². The van der Waals surface area contributed by atoms with Crippen molar-refractivity contribution in [2.24, 2.45) is 5.73 Å². The minimum absolute atomic E-state index is 0. The summed E-state index contributed by atoms with van der Waals surface area (Å²) < 4.78 is 4.86. The van der Waals surface area contributed by atoms with Gasteiger partial charge in [-0.1, -0.05) is 60.7 Å². The van der Waals surface area contributed by atoms with Crippen LogP contribution in [0.4, 0.5) is 0 Å². The number of nitrogens with two attached hydrogens (primary N) is 1. The topological polar surface area (TPSA) is 52.3 Å². The molecule has 0 bridgehead atoms. The number of carbonyl (C=O) groups is 1. The first-order valence-corrected chi connectivity index (χ1v) is 5.68. The fourth-order valence-electron chi connectivity index (χ4n) is 1.97. The number of halogens is 1. The zero-order valence-electron chi connectivity index (χ0n) is 10.6. The Morgan fingerprint density at radius 3 is 1.63 bits per heavy atom. The van der Waals surface area contributed by atoms with Gasteiger partial charge in [0, 0.05) is 0 Å². The van der Waals surface area contributed by atoms with Crippen LogP contribution in [0, 0.1) is 0 Å². The van der Waals surface area contributed by atoms with Gasteiger partial charge < -0.3 is 10.5 Å². The van der Waals surface area contributed by atoms with Crippen LogP contribution in [0.3, 0.4) is 0 Å². The van der Waals surface area contributed by atoms with Crippen LogP contribution in [0.25, 0.3) is 0 Å². The molecule has 0 fully saturated rings. The predicted molar refractivity (Wildman–Crippen MR) is 77.1 cm³/mol. The molecule has 0 radical (unpaired) electrons. The van der Waals surface area contributed by atoms with E-state index in [9.17, 15) is 4.79 Å². The maximum Gasteiger partial charge on any atom is 0.335 e. The molecule has 2 aromatic carbocycles. The lowest BCUT2D eigenvalue weighted by molar-refractivity contribution is -0.145. The molecule has 0 atom stereocenters. The van der Waals surface area contributed by atoms with Gasteiger partial charge in [0.15, 0.2) is 5.54 Å². The molecule has 0 aliphatic rings. The van der Waals surface area contributed by atoms with E-state index >= 15 is 0 Å². The Balaban J connectivity index is 0.00000180. The molecule has 0 heterocycles. The van der Waals surface area contributed by atoms with E-state index in [0.29, 0.717) is 11.1 Å². The first kappa shape index (κ1) is 15.2. The summed E-state index contributed by atoms with van der Waals surface area (Å²) in [5.74, 6) is -0.472. The van der Waals surface area contributed by atoms with Crippen LogP contribution in [0.2, 0.25) is 0 Å². The first-order valence-electron chi connectivity index (χ1n) is 5.68. The van der Waals surface area contributed by atoms with Crippen LogP contribution in [-0.2, 0) is 15.1 Å². The van der Waals surface area contributed by atoms with E-state index in [1.807, 2.05) is 60.7 Å². The van der Waals surface area contributed by atoms with Gasteiger partial charge in [0.05, 0.1) is 7.11 Å². The zero-order chi connectivity index (χ0) is 13.0. The number of esters is 1. The Hall–Kier alpha value is -1.84. The van der Waals surface area contributed by atoms with Crippen molar-refractivity contribution in [1.29, 1.82) is 0 Å².